The van der Waals surface area contributed by atoms with Crippen molar-refractivity contribution in [3.63, 3.8) is 0 Å². The molecule has 172 valence electrons. The zero-order valence-corrected chi connectivity index (χ0v) is 20.0. The molecule has 1 aliphatic rings. The smallest absolute Gasteiger partial charge is 0.242 e. The Labute approximate surface area is 198 Å². The number of aryl methyl sites for hydroxylation is 1. The van der Waals surface area contributed by atoms with Crippen molar-refractivity contribution in [2.24, 2.45) is 5.92 Å². The quantitative estimate of drug-likeness (QED) is 0.559. The van der Waals surface area contributed by atoms with Crippen molar-refractivity contribution in [1.29, 1.82) is 0 Å². The van der Waals surface area contributed by atoms with Gasteiger partial charge in [-0.25, -0.2) is 0 Å². The summed E-state index contributed by atoms with van der Waals surface area (Å²) in [6.45, 7) is 6.64. The zero-order valence-electron chi connectivity index (χ0n) is 18.5. The Hall–Kier alpha value is -2.44. The normalized spacial score (nSPS) is 13.2. The number of nitrogens with one attached hydrogen (secondary N) is 1. The van der Waals surface area contributed by atoms with Crippen LogP contribution in [0, 0.1) is 5.92 Å². The van der Waals surface area contributed by atoms with Gasteiger partial charge >= 0.3 is 0 Å². The molecule has 0 bridgehead atoms. The molecule has 32 heavy (non-hydrogen) atoms. The van der Waals surface area contributed by atoms with E-state index in [1.165, 1.54) is 4.90 Å². The monoisotopic (exact) mass is 478 g/mol. The van der Waals surface area contributed by atoms with Gasteiger partial charge < -0.3 is 19.7 Å². The van der Waals surface area contributed by atoms with E-state index in [1.54, 1.807) is 25.1 Å². The number of fused-ring (bicyclic) bond motifs is 1. The lowest BCUT2D eigenvalue weighted by Crippen LogP contribution is -2.48. The number of carbonyl (C=O) groups is 2. The Morgan fingerprint density at radius 2 is 1.75 bits per heavy atom. The van der Waals surface area contributed by atoms with Gasteiger partial charge in [-0.3, -0.25) is 9.59 Å². The van der Waals surface area contributed by atoms with E-state index in [9.17, 15) is 9.59 Å². The summed E-state index contributed by atoms with van der Waals surface area (Å²) in [5, 5.41) is 3.82. The van der Waals surface area contributed by atoms with Gasteiger partial charge in [0.2, 0.25) is 18.6 Å². The van der Waals surface area contributed by atoms with E-state index in [2.05, 4.69) is 5.32 Å². The number of benzene rings is 2. The summed E-state index contributed by atoms with van der Waals surface area (Å²) in [5.41, 5.74) is 1.58. The third kappa shape index (κ3) is 6.08. The lowest BCUT2D eigenvalue weighted by atomic mass is 10.1. The lowest BCUT2D eigenvalue weighted by molar-refractivity contribution is -0.140. The Bertz CT molecular complexity index is 960. The first-order valence-corrected chi connectivity index (χ1v) is 11.4. The molecular weight excluding hydrogens is 451 g/mol. The summed E-state index contributed by atoms with van der Waals surface area (Å²) < 4.78 is 10.8. The molecular formula is C24H28Cl2N2O4. The lowest BCUT2D eigenvalue weighted by Gasteiger charge is -2.29. The van der Waals surface area contributed by atoms with E-state index in [-0.39, 0.29) is 31.6 Å². The Balaban J connectivity index is 1.75. The maximum Gasteiger partial charge on any atom is 0.242 e. The van der Waals surface area contributed by atoms with E-state index in [0.29, 0.717) is 46.0 Å². The maximum atomic E-state index is 13.3. The van der Waals surface area contributed by atoms with Crippen molar-refractivity contribution in [3.05, 3.63) is 57.6 Å². The van der Waals surface area contributed by atoms with Gasteiger partial charge in [0.15, 0.2) is 11.5 Å². The van der Waals surface area contributed by atoms with Gasteiger partial charge in [-0.1, -0.05) is 49.2 Å². The molecule has 2 aromatic carbocycles. The van der Waals surface area contributed by atoms with Crippen LogP contribution in [0.15, 0.2) is 36.4 Å². The number of halogens is 2. The molecule has 0 fully saturated rings. The predicted octanol–water partition coefficient (Wildman–Crippen LogP) is 4.84. The topological polar surface area (TPSA) is 67.9 Å². The second-order valence-corrected chi connectivity index (χ2v) is 9.04. The van der Waals surface area contributed by atoms with Gasteiger partial charge in [-0.15, -0.1) is 0 Å². The average Bonchev–Trinajstić information content (AvgIpc) is 3.23. The Morgan fingerprint density at radius 1 is 1.06 bits per heavy atom. The number of rotatable bonds is 9. The molecule has 0 aromatic heterocycles. The first-order chi connectivity index (χ1) is 15.3. The molecule has 0 aliphatic carbocycles. The van der Waals surface area contributed by atoms with Crippen LogP contribution < -0.4 is 14.8 Å². The van der Waals surface area contributed by atoms with E-state index >= 15 is 0 Å². The van der Waals surface area contributed by atoms with Crippen LogP contribution in [0.4, 0.5) is 0 Å². The Morgan fingerprint density at radius 3 is 2.44 bits per heavy atom. The van der Waals surface area contributed by atoms with Crippen molar-refractivity contribution >= 4 is 35.0 Å². The van der Waals surface area contributed by atoms with Crippen LogP contribution in [0.25, 0.3) is 0 Å². The van der Waals surface area contributed by atoms with Gasteiger partial charge in [0.25, 0.3) is 0 Å². The molecule has 1 heterocycles. The molecule has 2 aromatic rings. The number of amides is 2. The average molecular weight is 479 g/mol. The number of ether oxygens (including phenoxy) is 2. The number of carbonyl (C=O) groups excluding carboxylic acids is 2. The molecule has 2 amide bonds. The van der Waals surface area contributed by atoms with E-state index < -0.39 is 6.04 Å². The van der Waals surface area contributed by atoms with Crippen molar-refractivity contribution in [3.8, 4) is 11.5 Å². The summed E-state index contributed by atoms with van der Waals surface area (Å²) in [6, 6.07) is 10.1. The fraction of sp³-hybridized carbons (Fsp3) is 0.417. The molecule has 0 radical (unpaired) electrons. The summed E-state index contributed by atoms with van der Waals surface area (Å²) in [6.07, 6.45) is 0.728. The van der Waals surface area contributed by atoms with Crippen LogP contribution in [0.3, 0.4) is 0 Å². The predicted molar refractivity (Wildman–Crippen MR) is 125 cm³/mol. The highest BCUT2D eigenvalue weighted by Crippen LogP contribution is 2.33. The number of hydrogen-bond acceptors (Lipinski definition) is 4. The summed E-state index contributed by atoms with van der Waals surface area (Å²) in [7, 11) is 0. The zero-order chi connectivity index (χ0) is 23.3. The maximum absolute atomic E-state index is 13.3. The minimum Gasteiger partial charge on any atom is -0.454 e. The molecule has 8 heteroatoms. The molecule has 1 aliphatic heterocycles. The minimum atomic E-state index is -0.676. The number of hydrogen-bond donors (Lipinski definition) is 1. The van der Waals surface area contributed by atoms with Crippen LogP contribution in [-0.4, -0.2) is 36.1 Å². The van der Waals surface area contributed by atoms with Crippen LogP contribution in [0.1, 0.15) is 38.3 Å². The summed E-state index contributed by atoms with van der Waals surface area (Å²) >= 11 is 12.7. The largest absolute Gasteiger partial charge is 0.454 e. The number of nitrogens with zero attached hydrogens (tertiary/aromatic N) is 1. The van der Waals surface area contributed by atoms with Crippen LogP contribution in [-0.2, 0) is 22.6 Å². The second-order valence-electron chi connectivity index (χ2n) is 8.22. The molecule has 0 unspecified atom stereocenters. The SMILES string of the molecule is CC(C)CNC(=O)[C@H](C)N(Cc1c(Cl)cccc1Cl)C(=O)CCc1ccc2c(c1)OCO2. The molecule has 0 spiro atoms. The van der Waals surface area contributed by atoms with Crippen LogP contribution in [0.5, 0.6) is 11.5 Å². The first kappa shape index (κ1) is 24.2. The first-order valence-electron chi connectivity index (χ1n) is 10.6. The molecule has 1 atom stereocenters. The van der Waals surface area contributed by atoms with Crippen molar-refractivity contribution < 1.29 is 19.1 Å². The third-order valence-electron chi connectivity index (χ3n) is 5.31. The van der Waals surface area contributed by atoms with E-state index in [0.717, 1.165) is 5.56 Å². The van der Waals surface area contributed by atoms with E-state index in [1.807, 2.05) is 32.0 Å². The summed E-state index contributed by atoms with van der Waals surface area (Å²) in [4.78, 5) is 27.6. The van der Waals surface area contributed by atoms with Gasteiger partial charge in [-0.05, 0) is 49.1 Å². The van der Waals surface area contributed by atoms with Crippen LogP contribution >= 0.6 is 23.2 Å². The highest BCUT2D eigenvalue weighted by Gasteiger charge is 2.27. The molecule has 0 saturated carbocycles. The summed E-state index contributed by atoms with van der Waals surface area (Å²) in [5.74, 6) is 1.31. The third-order valence-corrected chi connectivity index (χ3v) is 6.01. The van der Waals surface area contributed by atoms with Gasteiger partial charge in [0, 0.05) is 35.1 Å². The fourth-order valence-electron chi connectivity index (χ4n) is 3.38. The molecule has 1 N–H and O–H groups in total. The van der Waals surface area contributed by atoms with Crippen molar-refractivity contribution in [1.82, 2.24) is 10.2 Å². The second kappa shape index (κ2) is 10.9. The molecule has 3 rings (SSSR count). The minimum absolute atomic E-state index is 0.148. The van der Waals surface area contributed by atoms with Gasteiger partial charge in [0.05, 0.1) is 0 Å². The highest BCUT2D eigenvalue weighted by molar-refractivity contribution is 6.36. The fourth-order valence-corrected chi connectivity index (χ4v) is 3.90. The molecule has 0 saturated heterocycles. The van der Waals surface area contributed by atoms with E-state index in [4.69, 9.17) is 32.7 Å². The highest BCUT2D eigenvalue weighted by atomic mass is 35.5. The van der Waals surface area contributed by atoms with Crippen molar-refractivity contribution in [2.45, 2.75) is 46.2 Å². The van der Waals surface area contributed by atoms with Crippen molar-refractivity contribution in [2.75, 3.05) is 13.3 Å². The van der Waals surface area contributed by atoms with Gasteiger partial charge in [0.1, 0.15) is 6.04 Å². The standard InChI is InChI=1S/C24H28Cl2N2O4/c1-15(2)12-27-24(30)16(3)28(13-18-19(25)5-4-6-20(18)26)23(29)10-8-17-7-9-21-22(11-17)32-14-31-21/h4-7,9,11,15-16H,8,10,12-14H2,1-3H3,(H,27,30)/t16-/m0/s1. The van der Waals surface area contributed by atoms with Gasteiger partial charge in [-0.2, -0.15) is 0 Å². The van der Waals surface area contributed by atoms with Crippen LogP contribution in [0.2, 0.25) is 10.0 Å². The Kier molecular flexibility index (Phi) is 8.26. The molecule has 6 nitrogen and oxygen atoms in total.